The van der Waals surface area contributed by atoms with Crippen LogP contribution in [0, 0.1) is 11.7 Å². The second-order valence-electron chi connectivity index (χ2n) is 6.64. The van der Waals surface area contributed by atoms with Crippen LogP contribution in [0.5, 0.6) is 0 Å². The highest BCUT2D eigenvalue weighted by molar-refractivity contribution is 5.82. The molecule has 0 aliphatic carbocycles. The monoisotopic (exact) mass is 351 g/mol. The number of carbonyl (C=O) groups is 2. The highest BCUT2D eigenvalue weighted by Crippen LogP contribution is 2.17. The van der Waals surface area contributed by atoms with Gasteiger partial charge in [-0.25, -0.2) is 4.39 Å². The van der Waals surface area contributed by atoms with Crippen LogP contribution in [-0.4, -0.2) is 72.6 Å². The number of halogens is 1. The van der Waals surface area contributed by atoms with E-state index < -0.39 is 11.9 Å². The molecule has 1 amide bonds. The maximum Gasteiger partial charge on any atom is 0.307 e. The molecule has 1 heterocycles. The molecule has 1 aliphatic rings. The van der Waals surface area contributed by atoms with Crippen molar-refractivity contribution in [3.63, 3.8) is 0 Å². The van der Waals surface area contributed by atoms with E-state index in [4.69, 9.17) is 5.11 Å². The van der Waals surface area contributed by atoms with E-state index in [1.165, 1.54) is 12.1 Å². The molecule has 1 fully saturated rings. The third-order valence-electron chi connectivity index (χ3n) is 4.79. The fraction of sp³-hybridized carbons (Fsp3) is 0.556. The number of carboxylic acid groups (broad SMARTS) is 1. The van der Waals surface area contributed by atoms with Crippen molar-refractivity contribution in [2.75, 3.05) is 44.7 Å². The fourth-order valence-corrected chi connectivity index (χ4v) is 2.96. The third kappa shape index (κ3) is 4.92. The summed E-state index contributed by atoms with van der Waals surface area (Å²) in [5, 5.41) is 9.00. The van der Waals surface area contributed by atoms with Crippen molar-refractivity contribution in [1.82, 2.24) is 9.80 Å². The SMILES string of the molecule is CC(CN(C)C(C)C(=O)N1CCN(c2ccc(F)cc2)CC1)C(=O)O. The zero-order valence-electron chi connectivity index (χ0n) is 15.0. The molecule has 0 saturated carbocycles. The standard InChI is InChI=1S/C18H26FN3O3/c1-13(18(24)25)12-20(3)14(2)17(23)22-10-8-21(9-11-22)16-6-4-15(19)5-7-16/h4-7,13-14H,8-12H2,1-3H3,(H,24,25). The normalized spacial score (nSPS) is 17.5. The molecule has 7 heteroatoms. The maximum absolute atomic E-state index is 13.0. The first-order valence-electron chi connectivity index (χ1n) is 8.52. The number of carboxylic acids is 1. The molecule has 2 rings (SSSR count). The Morgan fingerprint density at radius 2 is 1.72 bits per heavy atom. The number of hydrogen-bond acceptors (Lipinski definition) is 4. The summed E-state index contributed by atoms with van der Waals surface area (Å²) in [6, 6.07) is 6.01. The molecule has 1 aromatic rings. The minimum atomic E-state index is -0.862. The van der Waals surface area contributed by atoms with Crippen LogP contribution in [0.3, 0.4) is 0 Å². The first-order chi connectivity index (χ1) is 11.8. The minimum Gasteiger partial charge on any atom is -0.481 e. The van der Waals surface area contributed by atoms with Crippen molar-refractivity contribution < 1.29 is 19.1 Å². The van der Waals surface area contributed by atoms with Crippen LogP contribution in [0.25, 0.3) is 0 Å². The van der Waals surface area contributed by atoms with Gasteiger partial charge in [0.05, 0.1) is 12.0 Å². The van der Waals surface area contributed by atoms with Gasteiger partial charge in [-0.3, -0.25) is 14.5 Å². The number of benzene rings is 1. The summed E-state index contributed by atoms with van der Waals surface area (Å²) >= 11 is 0. The number of nitrogens with zero attached hydrogens (tertiary/aromatic N) is 3. The molecule has 25 heavy (non-hydrogen) atoms. The lowest BCUT2D eigenvalue weighted by molar-refractivity contribution is -0.143. The van der Waals surface area contributed by atoms with E-state index in [2.05, 4.69) is 4.90 Å². The Morgan fingerprint density at radius 3 is 2.24 bits per heavy atom. The molecule has 0 radical (unpaired) electrons. The van der Waals surface area contributed by atoms with Crippen molar-refractivity contribution in [3.8, 4) is 0 Å². The first-order valence-corrected chi connectivity index (χ1v) is 8.52. The van der Waals surface area contributed by atoms with Crippen LogP contribution >= 0.6 is 0 Å². The zero-order valence-corrected chi connectivity index (χ0v) is 15.0. The highest BCUT2D eigenvalue weighted by Gasteiger charge is 2.28. The second kappa shape index (κ2) is 8.29. The molecule has 1 aliphatic heterocycles. The Labute approximate surface area is 147 Å². The first kappa shape index (κ1) is 19.2. The van der Waals surface area contributed by atoms with Gasteiger partial charge >= 0.3 is 5.97 Å². The van der Waals surface area contributed by atoms with Crippen LogP contribution in [0.2, 0.25) is 0 Å². The van der Waals surface area contributed by atoms with Crippen molar-refractivity contribution in [2.45, 2.75) is 19.9 Å². The van der Waals surface area contributed by atoms with Crippen LogP contribution in [-0.2, 0) is 9.59 Å². The maximum atomic E-state index is 13.0. The summed E-state index contributed by atoms with van der Waals surface area (Å²) in [5.74, 6) is -1.63. The Morgan fingerprint density at radius 1 is 1.16 bits per heavy atom. The van der Waals surface area contributed by atoms with Crippen LogP contribution in [0.4, 0.5) is 10.1 Å². The van der Waals surface area contributed by atoms with Crippen molar-refractivity contribution in [3.05, 3.63) is 30.1 Å². The molecule has 0 spiro atoms. The molecule has 0 aromatic heterocycles. The average Bonchev–Trinajstić information content (AvgIpc) is 2.61. The van der Waals surface area contributed by atoms with Gasteiger partial charge in [0.15, 0.2) is 0 Å². The number of hydrogen-bond donors (Lipinski definition) is 1. The average molecular weight is 351 g/mol. The Balaban J connectivity index is 1.87. The molecule has 1 saturated heterocycles. The minimum absolute atomic E-state index is 0.0128. The molecular weight excluding hydrogens is 325 g/mol. The van der Waals surface area contributed by atoms with Gasteiger partial charge in [0.2, 0.25) is 5.91 Å². The lowest BCUT2D eigenvalue weighted by atomic mass is 10.1. The lowest BCUT2D eigenvalue weighted by Crippen LogP contribution is -2.54. The van der Waals surface area contributed by atoms with E-state index in [1.54, 1.807) is 31.0 Å². The van der Waals surface area contributed by atoms with E-state index in [0.717, 1.165) is 5.69 Å². The van der Waals surface area contributed by atoms with Gasteiger partial charge < -0.3 is 14.9 Å². The van der Waals surface area contributed by atoms with Crippen LogP contribution in [0.1, 0.15) is 13.8 Å². The van der Waals surface area contributed by atoms with Gasteiger partial charge in [-0.05, 0) is 38.2 Å². The summed E-state index contributed by atoms with van der Waals surface area (Å²) in [6.45, 7) is 6.36. The number of piperazine rings is 1. The fourth-order valence-electron chi connectivity index (χ4n) is 2.96. The quantitative estimate of drug-likeness (QED) is 0.842. The number of rotatable bonds is 6. The topological polar surface area (TPSA) is 64.1 Å². The Kier molecular flexibility index (Phi) is 6.36. The van der Waals surface area contributed by atoms with Crippen molar-refractivity contribution >= 4 is 17.6 Å². The highest BCUT2D eigenvalue weighted by atomic mass is 19.1. The third-order valence-corrected chi connectivity index (χ3v) is 4.79. The van der Waals surface area contributed by atoms with E-state index in [0.29, 0.717) is 32.7 Å². The van der Waals surface area contributed by atoms with Crippen LogP contribution in [0.15, 0.2) is 24.3 Å². The van der Waals surface area contributed by atoms with Gasteiger partial charge in [-0.1, -0.05) is 6.92 Å². The number of carbonyl (C=O) groups excluding carboxylic acids is 1. The summed E-state index contributed by atoms with van der Waals surface area (Å²) < 4.78 is 13.0. The predicted molar refractivity (Wildman–Crippen MR) is 94.1 cm³/mol. The van der Waals surface area contributed by atoms with Gasteiger partial charge in [-0.15, -0.1) is 0 Å². The molecule has 2 atom stereocenters. The Bertz CT molecular complexity index is 600. The number of anilines is 1. The van der Waals surface area contributed by atoms with E-state index in [9.17, 15) is 14.0 Å². The van der Waals surface area contributed by atoms with Gasteiger partial charge in [0.25, 0.3) is 0 Å². The molecular formula is C18H26FN3O3. The molecule has 1 N–H and O–H groups in total. The molecule has 2 unspecified atom stereocenters. The zero-order chi connectivity index (χ0) is 18.6. The number of amides is 1. The lowest BCUT2D eigenvalue weighted by Gasteiger charge is -2.38. The number of likely N-dealkylation sites (N-methyl/N-ethyl adjacent to an activating group) is 1. The largest absolute Gasteiger partial charge is 0.481 e. The Hall–Kier alpha value is -2.15. The smallest absolute Gasteiger partial charge is 0.307 e. The van der Waals surface area contributed by atoms with Crippen molar-refractivity contribution in [1.29, 1.82) is 0 Å². The molecule has 1 aromatic carbocycles. The van der Waals surface area contributed by atoms with Crippen molar-refractivity contribution in [2.24, 2.45) is 5.92 Å². The van der Waals surface area contributed by atoms with E-state index >= 15 is 0 Å². The second-order valence-corrected chi connectivity index (χ2v) is 6.64. The molecule has 0 bridgehead atoms. The van der Waals surface area contributed by atoms with Crippen LogP contribution < -0.4 is 4.90 Å². The van der Waals surface area contributed by atoms with Gasteiger partial charge in [0, 0.05) is 38.4 Å². The van der Waals surface area contributed by atoms with E-state index in [1.807, 2.05) is 11.8 Å². The number of aliphatic carboxylic acids is 1. The van der Waals surface area contributed by atoms with E-state index in [-0.39, 0.29) is 17.8 Å². The van der Waals surface area contributed by atoms with Gasteiger partial charge in [-0.2, -0.15) is 0 Å². The molecule has 6 nitrogen and oxygen atoms in total. The summed E-state index contributed by atoms with van der Waals surface area (Å²) in [4.78, 5) is 29.3. The molecule has 138 valence electrons. The summed E-state index contributed by atoms with van der Waals surface area (Å²) in [7, 11) is 1.77. The van der Waals surface area contributed by atoms with Gasteiger partial charge in [0.1, 0.15) is 5.82 Å². The summed E-state index contributed by atoms with van der Waals surface area (Å²) in [6.07, 6.45) is 0. The summed E-state index contributed by atoms with van der Waals surface area (Å²) in [5.41, 5.74) is 0.953. The predicted octanol–water partition coefficient (Wildman–Crippen LogP) is 1.52.